The van der Waals surface area contributed by atoms with Gasteiger partial charge in [0.25, 0.3) is 50.6 Å². The van der Waals surface area contributed by atoms with Crippen LogP contribution >= 0.6 is 0 Å². The van der Waals surface area contributed by atoms with Crippen LogP contribution in [0.3, 0.4) is 0 Å². The van der Waals surface area contributed by atoms with Crippen molar-refractivity contribution in [1.29, 1.82) is 0 Å². The van der Waals surface area contributed by atoms with E-state index in [2.05, 4.69) is 0 Å². The zero-order valence-electron chi connectivity index (χ0n) is 39.7. The van der Waals surface area contributed by atoms with Crippen molar-refractivity contribution in [3.63, 3.8) is 0 Å². The number of carboxylic acid groups (broad SMARTS) is 2. The molecule has 0 aromatic heterocycles. The number of fused-ring (bicyclic) bond motifs is 6. The Kier molecular flexibility index (Phi) is 16.5. The summed E-state index contributed by atoms with van der Waals surface area (Å²) in [4.78, 5) is 21.2. The van der Waals surface area contributed by atoms with Gasteiger partial charge >= 0.3 is 11.9 Å². The normalized spacial score (nSPS) is 18.0. The van der Waals surface area contributed by atoms with Crippen molar-refractivity contribution in [2.45, 2.75) is 122 Å². The average Bonchev–Trinajstić information content (AvgIpc) is 3.62. The first-order chi connectivity index (χ1) is 33.7. The van der Waals surface area contributed by atoms with Gasteiger partial charge in [-0.05, 0) is 120 Å². The minimum atomic E-state index is -5.12. The van der Waals surface area contributed by atoms with E-state index >= 15 is 0 Å². The van der Waals surface area contributed by atoms with Gasteiger partial charge < -0.3 is 15.1 Å². The van der Waals surface area contributed by atoms with Crippen molar-refractivity contribution in [1.82, 2.24) is 0 Å². The van der Waals surface area contributed by atoms with Gasteiger partial charge in [-0.3, -0.25) is 32.4 Å². The lowest BCUT2D eigenvalue weighted by Crippen LogP contribution is -2.30. The maximum absolute atomic E-state index is 12.8. The molecule has 0 spiro atoms. The molecule has 0 saturated carbocycles. The van der Waals surface area contributed by atoms with Gasteiger partial charge in [0.1, 0.15) is 9.79 Å². The van der Waals surface area contributed by atoms with E-state index < -0.39 is 98.7 Å². The lowest BCUT2D eigenvalue weighted by atomic mass is 9.75. The second-order valence-electron chi connectivity index (χ2n) is 18.7. The van der Waals surface area contributed by atoms with Crippen molar-refractivity contribution in [2.24, 2.45) is 0 Å². The minimum absolute atomic E-state index is 0.00531. The summed E-state index contributed by atoms with van der Waals surface area (Å²) < 4.78 is 175. The van der Waals surface area contributed by atoms with E-state index in [1.807, 2.05) is 13.8 Å². The first kappa shape index (κ1) is 56.9. The molecule has 396 valence electrons. The van der Waals surface area contributed by atoms with Gasteiger partial charge in [-0.2, -0.15) is 42.1 Å². The molecule has 20 nitrogen and oxygen atoms in total. The van der Waals surface area contributed by atoms with Gasteiger partial charge in [-0.1, -0.05) is 75.6 Å². The number of carboxylic acids is 2. The lowest BCUT2D eigenvalue weighted by Gasteiger charge is -2.31. The molecule has 0 fully saturated rings. The van der Waals surface area contributed by atoms with Crippen LogP contribution in [0, 0.1) is 0 Å². The molecule has 1 unspecified atom stereocenters. The van der Waals surface area contributed by atoms with Crippen LogP contribution < -0.4 is 4.90 Å². The molecule has 0 radical (unpaired) electrons. The van der Waals surface area contributed by atoms with E-state index in [1.54, 1.807) is 48.3 Å². The first-order valence-electron chi connectivity index (χ1n) is 22.8. The number of carbonyl (C=O) groups is 2. The first-order valence-corrected chi connectivity index (χ1v) is 30.1. The Bertz CT molecular complexity index is 3630. The molecule has 7 N–H and O–H groups in total. The fourth-order valence-corrected chi connectivity index (χ4v) is 13.4. The van der Waals surface area contributed by atoms with Crippen LogP contribution in [-0.4, -0.2) is 99.3 Å². The van der Waals surface area contributed by atoms with Gasteiger partial charge in [0, 0.05) is 52.4 Å². The van der Waals surface area contributed by atoms with Crippen molar-refractivity contribution >= 4 is 95.3 Å². The van der Waals surface area contributed by atoms with E-state index in [-0.39, 0.29) is 60.2 Å². The summed E-state index contributed by atoms with van der Waals surface area (Å²) in [5.74, 6) is -2.64. The third kappa shape index (κ3) is 12.6. The van der Waals surface area contributed by atoms with E-state index in [0.29, 0.717) is 84.3 Å². The number of benzene rings is 4. The average molecular weight is 1110 g/mol. The Morgan fingerprint density at radius 3 is 1.60 bits per heavy atom. The number of allylic oxidation sites excluding steroid dienone is 8. The molecule has 0 amide bonds. The molecule has 1 heterocycles. The summed E-state index contributed by atoms with van der Waals surface area (Å²) >= 11 is 0. The minimum Gasteiger partial charge on any atom is -0.481 e. The SMILES string of the molecule is CC1(C)C(/C=C/C=C/C=C2\N(CCCS(=O)(=O)O)c3ccc4c(S(=O)(=O)O)cc(S(=O)(=O)O)cc4c3C2(C)CCCCCC(=O)O)=C(CCCCCC(=O)O)c2ccc3c(S(=O)(=O)O)cc(S(=O)(=O)O)cc3c21. The summed E-state index contributed by atoms with van der Waals surface area (Å²) in [5, 5.41) is 18.5. The molecule has 4 aromatic carbocycles. The smallest absolute Gasteiger partial charge is 0.303 e. The molecule has 0 bridgehead atoms. The summed E-state index contributed by atoms with van der Waals surface area (Å²) in [6.07, 6.45) is 11.2. The second-order valence-corrected chi connectivity index (χ2v) is 25.9. The second kappa shape index (κ2) is 21.1. The zero-order valence-corrected chi connectivity index (χ0v) is 43.8. The Hall–Kier alpha value is -5.35. The molecule has 1 atom stereocenters. The topological polar surface area (TPSA) is 350 Å². The highest BCUT2D eigenvalue weighted by atomic mass is 32.2. The van der Waals surface area contributed by atoms with E-state index in [1.165, 1.54) is 18.2 Å². The third-order valence-corrected chi connectivity index (χ3v) is 17.6. The number of aliphatic carboxylic acids is 2. The fourth-order valence-electron chi connectivity index (χ4n) is 10.2. The molecule has 1 aliphatic heterocycles. The van der Waals surface area contributed by atoms with Crippen molar-refractivity contribution in [3.8, 4) is 0 Å². The largest absolute Gasteiger partial charge is 0.481 e. The standard InChI is InChI=1S/C48H55NO19S5/c1-47(2)38(32(14-7-4-10-17-43(50)51)35-20-19-33-36(45(35)47)26-30(70(57,58)59)28-40(33)72(63,64)65)15-8-5-9-16-42-48(3,23-12-6-11-18-44(52)53)46-37-27-31(71(60,61)62)29-41(73(66,67)68)34(37)21-22-39(46)49(42)24-13-25-69(54,55)56/h5,8-9,15-16,19-22,26-29H,4,6-7,10-14,17-18,23-25H2,1-3H3,(H,50,51)(H,52,53)(H,54,55,56)(H,57,58,59)(H,60,61,62)(H,63,64,65)(H,66,67,68)/b9-5+,15-8+,42-16-. The van der Waals surface area contributed by atoms with Gasteiger partial charge in [0.05, 0.1) is 15.5 Å². The molecule has 0 saturated heterocycles. The van der Waals surface area contributed by atoms with Crippen LogP contribution in [0.5, 0.6) is 0 Å². The highest BCUT2D eigenvalue weighted by Gasteiger charge is 2.45. The molecule has 73 heavy (non-hydrogen) atoms. The highest BCUT2D eigenvalue weighted by molar-refractivity contribution is 7.87. The molecule has 6 rings (SSSR count). The monoisotopic (exact) mass is 1110 g/mol. The maximum atomic E-state index is 12.8. The Labute approximate surface area is 423 Å². The van der Waals surface area contributed by atoms with Gasteiger partial charge in [-0.15, -0.1) is 0 Å². The van der Waals surface area contributed by atoms with Crippen molar-refractivity contribution in [2.75, 3.05) is 17.2 Å². The van der Waals surface area contributed by atoms with Crippen LogP contribution in [0.4, 0.5) is 5.69 Å². The summed E-state index contributed by atoms with van der Waals surface area (Å²) in [7, 11) is -24.7. The molecular formula is C48H55NO19S5. The van der Waals surface area contributed by atoms with Crippen LogP contribution in [0.25, 0.3) is 27.1 Å². The number of unbranched alkanes of at least 4 members (excludes halogenated alkanes) is 4. The quantitative estimate of drug-likeness (QED) is 0.0209. The molecule has 2 aliphatic rings. The maximum Gasteiger partial charge on any atom is 0.303 e. The van der Waals surface area contributed by atoms with Crippen LogP contribution in [-0.2, 0) is 71.0 Å². The van der Waals surface area contributed by atoms with E-state index in [0.717, 1.165) is 17.7 Å². The summed E-state index contributed by atoms with van der Waals surface area (Å²) in [6, 6.07) is 9.38. The van der Waals surface area contributed by atoms with Gasteiger partial charge in [-0.25, -0.2) is 0 Å². The molecule has 25 heteroatoms. The number of rotatable bonds is 23. The highest BCUT2D eigenvalue weighted by Crippen LogP contribution is 2.55. The number of hydrogen-bond acceptors (Lipinski definition) is 13. The van der Waals surface area contributed by atoms with E-state index in [4.69, 9.17) is 0 Å². The number of hydrogen-bond donors (Lipinski definition) is 7. The van der Waals surface area contributed by atoms with Crippen LogP contribution in [0.1, 0.15) is 108 Å². The molecule has 1 aliphatic carbocycles. The predicted molar refractivity (Wildman–Crippen MR) is 271 cm³/mol. The van der Waals surface area contributed by atoms with Gasteiger partial charge in [0.2, 0.25) is 0 Å². The molecular weight excluding hydrogens is 1050 g/mol. The Morgan fingerprint density at radius 1 is 0.575 bits per heavy atom. The molecule has 4 aromatic rings. The fraction of sp³-hybridized carbons (Fsp3) is 0.375. The van der Waals surface area contributed by atoms with E-state index in [9.17, 15) is 84.7 Å². The lowest BCUT2D eigenvalue weighted by molar-refractivity contribution is -0.138. The number of anilines is 1. The summed E-state index contributed by atoms with van der Waals surface area (Å²) in [6.45, 7) is 5.33. The summed E-state index contributed by atoms with van der Waals surface area (Å²) in [5.41, 5.74) is 1.52. The van der Waals surface area contributed by atoms with Crippen molar-refractivity contribution in [3.05, 3.63) is 107 Å². The number of nitrogens with zero attached hydrogens (tertiary/aromatic N) is 1. The predicted octanol–water partition coefficient (Wildman–Crippen LogP) is 8.15. The Balaban J connectivity index is 1.53. The third-order valence-electron chi connectivity index (χ3n) is 13.3. The van der Waals surface area contributed by atoms with Gasteiger partial charge in [0.15, 0.2) is 0 Å². The Morgan fingerprint density at radius 2 is 1.10 bits per heavy atom. The van der Waals surface area contributed by atoms with Crippen LogP contribution in [0.15, 0.2) is 110 Å². The van der Waals surface area contributed by atoms with Crippen LogP contribution in [0.2, 0.25) is 0 Å². The van der Waals surface area contributed by atoms with Crippen molar-refractivity contribution < 1.29 is 84.7 Å². The zero-order chi connectivity index (χ0) is 54.3.